The number of nitrogens with zero attached hydrogens (tertiary/aromatic N) is 3. The maximum absolute atomic E-state index is 12.9. The van der Waals surface area contributed by atoms with E-state index in [0.29, 0.717) is 35.8 Å². The molecule has 0 saturated carbocycles. The molecule has 0 saturated heterocycles. The summed E-state index contributed by atoms with van der Waals surface area (Å²) in [6.45, 7) is 0.472. The third kappa shape index (κ3) is 3.27. The molecular formula is C20H16BrN3O5. The maximum atomic E-state index is 12.9. The number of fused-ring (bicyclic) bond motifs is 2. The van der Waals surface area contributed by atoms with Crippen LogP contribution in [0.2, 0.25) is 0 Å². The van der Waals surface area contributed by atoms with E-state index in [0.717, 1.165) is 15.6 Å². The molecule has 2 aromatic carbocycles. The number of methoxy groups -OCH3 is 2. The summed E-state index contributed by atoms with van der Waals surface area (Å²) in [4.78, 5) is 28.0. The highest BCUT2D eigenvalue weighted by atomic mass is 79.9. The van der Waals surface area contributed by atoms with Gasteiger partial charge in [0.1, 0.15) is 5.82 Å². The molecule has 1 aliphatic heterocycles. The van der Waals surface area contributed by atoms with Crippen molar-refractivity contribution < 1.29 is 14.4 Å². The lowest BCUT2D eigenvalue weighted by atomic mass is 10.1. The highest BCUT2D eigenvalue weighted by Gasteiger charge is 2.22. The lowest BCUT2D eigenvalue weighted by Gasteiger charge is -2.11. The predicted octanol–water partition coefficient (Wildman–Crippen LogP) is 4.03. The molecule has 3 aromatic rings. The Hall–Kier alpha value is -3.20. The van der Waals surface area contributed by atoms with Crippen LogP contribution in [0.4, 0.5) is 5.69 Å². The minimum atomic E-state index is -0.517. The first-order valence-corrected chi connectivity index (χ1v) is 9.53. The van der Waals surface area contributed by atoms with Crippen molar-refractivity contribution in [2.75, 3.05) is 14.2 Å². The average molecular weight is 458 g/mol. The van der Waals surface area contributed by atoms with Crippen LogP contribution in [0, 0.1) is 10.1 Å². The van der Waals surface area contributed by atoms with Gasteiger partial charge in [-0.05, 0) is 57.8 Å². The minimum absolute atomic E-state index is 0.124. The zero-order valence-corrected chi connectivity index (χ0v) is 17.2. The van der Waals surface area contributed by atoms with Crippen molar-refractivity contribution in [2.24, 2.45) is 0 Å². The molecule has 0 radical (unpaired) electrons. The molecule has 29 heavy (non-hydrogen) atoms. The molecule has 0 aliphatic carbocycles. The van der Waals surface area contributed by atoms with E-state index in [9.17, 15) is 14.9 Å². The Bertz CT molecular complexity index is 1250. The van der Waals surface area contributed by atoms with Gasteiger partial charge in [0.05, 0.1) is 34.5 Å². The lowest BCUT2D eigenvalue weighted by molar-refractivity contribution is -0.384. The van der Waals surface area contributed by atoms with Crippen molar-refractivity contribution in [3.05, 3.63) is 66.7 Å². The number of rotatable bonds is 4. The highest BCUT2D eigenvalue weighted by Crippen LogP contribution is 2.38. The van der Waals surface area contributed by atoms with Gasteiger partial charge in [0, 0.05) is 18.7 Å². The van der Waals surface area contributed by atoms with Gasteiger partial charge in [0.25, 0.3) is 11.2 Å². The van der Waals surface area contributed by atoms with E-state index in [4.69, 9.17) is 9.47 Å². The number of non-ortho nitro benzene ring substituents is 1. The Morgan fingerprint density at radius 2 is 2.03 bits per heavy atom. The zero-order valence-electron chi connectivity index (χ0n) is 15.6. The minimum Gasteiger partial charge on any atom is -0.493 e. The fraction of sp³-hybridized carbons (Fsp3) is 0.200. The lowest BCUT2D eigenvalue weighted by Crippen LogP contribution is -2.20. The molecule has 0 fully saturated rings. The van der Waals surface area contributed by atoms with Gasteiger partial charge in [0.2, 0.25) is 0 Å². The molecule has 2 heterocycles. The summed E-state index contributed by atoms with van der Waals surface area (Å²) in [5.41, 5.74) is 1.82. The number of aromatic nitrogens is 2. The summed E-state index contributed by atoms with van der Waals surface area (Å²) >= 11 is 3.48. The van der Waals surface area contributed by atoms with E-state index in [2.05, 4.69) is 20.9 Å². The molecule has 4 rings (SSSR count). The van der Waals surface area contributed by atoms with Crippen LogP contribution in [0.1, 0.15) is 17.8 Å². The topological polar surface area (TPSA) is 96.5 Å². The Kier molecular flexibility index (Phi) is 4.83. The summed E-state index contributed by atoms with van der Waals surface area (Å²) < 4.78 is 13.0. The Morgan fingerprint density at radius 1 is 1.24 bits per heavy atom. The van der Waals surface area contributed by atoms with E-state index in [1.807, 2.05) is 18.2 Å². The summed E-state index contributed by atoms with van der Waals surface area (Å²) in [5, 5.41) is 11.3. The second-order valence-electron chi connectivity index (χ2n) is 6.51. The van der Waals surface area contributed by atoms with Crippen LogP contribution in [-0.4, -0.2) is 28.7 Å². The number of hydrogen-bond donors (Lipinski definition) is 0. The molecular weight excluding hydrogens is 442 g/mol. The van der Waals surface area contributed by atoms with Crippen LogP contribution in [0.5, 0.6) is 11.5 Å². The largest absolute Gasteiger partial charge is 0.493 e. The Balaban J connectivity index is 1.84. The molecule has 0 amide bonds. The molecule has 0 bridgehead atoms. The van der Waals surface area contributed by atoms with E-state index in [-0.39, 0.29) is 16.6 Å². The predicted molar refractivity (Wildman–Crippen MR) is 112 cm³/mol. The summed E-state index contributed by atoms with van der Waals surface area (Å²) in [7, 11) is 3.14. The van der Waals surface area contributed by atoms with Gasteiger partial charge in [-0.1, -0.05) is 0 Å². The second-order valence-corrected chi connectivity index (χ2v) is 7.36. The van der Waals surface area contributed by atoms with Crippen molar-refractivity contribution in [1.82, 2.24) is 9.55 Å². The summed E-state index contributed by atoms with van der Waals surface area (Å²) in [6, 6.07) is 7.90. The monoisotopic (exact) mass is 457 g/mol. The molecule has 1 aromatic heterocycles. The fourth-order valence-corrected chi connectivity index (χ4v) is 4.10. The van der Waals surface area contributed by atoms with E-state index >= 15 is 0 Å². The second kappa shape index (κ2) is 7.32. The van der Waals surface area contributed by atoms with Crippen molar-refractivity contribution in [2.45, 2.75) is 13.0 Å². The molecule has 148 valence electrons. The summed E-state index contributed by atoms with van der Waals surface area (Å²) in [6.07, 6.45) is 2.59. The van der Waals surface area contributed by atoms with Crippen LogP contribution >= 0.6 is 15.9 Å². The number of allylic oxidation sites excluding steroid dienone is 1. The van der Waals surface area contributed by atoms with E-state index < -0.39 is 4.92 Å². The van der Waals surface area contributed by atoms with Crippen molar-refractivity contribution in [1.29, 1.82) is 0 Å². The van der Waals surface area contributed by atoms with E-state index in [1.165, 1.54) is 18.2 Å². The first-order valence-electron chi connectivity index (χ1n) is 8.74. The van der Waals surface area contributed by atoms with E-state index in [1.54, 1.807) is 18.8 Å². The van der Waals surface area contributed by atoms with Gasteiger partial charge in [0.15, 0.2) is 11.5 Å². The van der Waals surface area contributed by atoms with Crippen molar-refractivity contribution in [3.63, 3.8) is 0 Å². The SMILES string of the molecule is COc1cc(/C=C2\CCn3c2nc2ccc([N+](=O)[O-])cc2c3=O)cc(Br)c1OC. The van der Waals surface area contributed by atoms with Gasteiger partial charge in [-0.3, -0.25) is 19.5 Å². The smallest absolute Gasteiger partial charge is 0.270 e. The third-order valence-corrected chi connectivity index (χ3v) is 5.43. The molecule has 0 unspecified atom stereocenters. The van der Waals surface area contributed by atoms with Crippen LogP contribution in [0.3, 0.4) is 0 Å². The molecule has 0 N–H and O–H groups in total. The number of nitro benzene ring substituents is 1. The summed E-state index contributed by atoms with van der Waals surface area (Å²) in [5.74, 6) is 1.76. The number of benzene rings is 2. The Morgan fingerprint density at radius 3 is 2.72 bits per heavy atom. The average Bonchev–Trinajstić information content (AvgIpc) is 3.10. The van der Waals surface area contributed by atoms with Crippen LogP contribution in [-0.2, 0) is 6.54 Å². The number of ether oxygens (including phenoxy) is 2. The molecule has 9 heteroatoms. The molecule has 1 aliphatic rings. The van der Waals surface area contributed by atoms with Crippen molar-refractivity contribution in [3.8, 4) is 11.5 Å². The fourth-order valence-electron chi connectivity index (χ4n) is 3.48. The first-order chi connectivity index (χ1) is 13.9. The van der Waals surface area contributed by atoms with Gasteiger partial charge in [-0.15, -0.1) is 0 Å². The first kappa shape index (κ1) is 19.1. The van der Waals surface area contributed by atoms with Gasteiger partial charge in [-0.25, -0.2) is 4.98 Å². The number of nitro groups is 1. The highest BCUT2D eigenvalue weighted by molar-refractivity contribution is 9.10. The van der Waals surface area contributed by atoms with Crippen LogP contribution in [0.25, 0.3) is 22.6 Å². The number of hydrogen-bond acceptors (Lipinski definition) is 6. The number of halogens is 1. The molecule has 0 spiro atoms. The molecule has 8 nitrogen and oxygen atoms in total. The maximum Gasteiger partial charge on any atom is 0.270 e. The van der Waals surface area contributed by atoms with Crippen LogP contribution < -0.4 is 15.0 Å². The Labute approximate surface area is 173 Å². The van der Waals surface area contributed by atoms with Crippen LogP contribution in [0.15, 0.2) is 39.6 Å². The van der Waals surface area contributed by atoms with Gasteiger partial charge in [-0.2, -0.15) is 0 Å². The normalized spacial score (nSPS) is 14.2. The van der Waals surface area contributed by atoms with Gasteiger partial charge < -0.3 is 9.47 Å². The quantitative estimate of drug-likeness (QED) is 0.433. The zero-order chi connectivity index (χ0) is 20.7. The standard InChI is InChI=1S/C20H16BrN3O5/c1-28-17-9-11(8-15(21)18(17)29-2)7-12-5-6-23-19(12)22-16-4-3-13(24(26)27)10-14(16)20(23)25/h3-4,7-10H,5-6H2,1-2H3/b12-7+. The van der Waals surface area contributed by atoms with Gasteiger partial charge >= 0.3 is 0 Å². The van der Waals surface area contributed by atoms with Crippen molar-refractivity contribution >= 4 is 44.2 Å². The third-order valence-electron chi connectivity index (χ3n) is 4.84. The molecule has 0 atom stereocenters.